The van der Waals surface area contributed by atoms with Gasteiger partial charge in [-0.2, -0.15) is 13.2 Å². The van der Waals surface area contributed by atoms with Gasteiger partial charge >= 0.3 is 12.3 Å². The van der Waals surface area contributed by atoms with Gasteiger partial charge in [-0.3, -0.25) is 4.79 Å². The van der Waals surface area contributed by atoms with Crippen molar-refractivity contribution in [2.45, 2.75) is 25.4 Å². The van der Waals surface area contributed by atoms with Crippen molar-refractivity contribution in [1.82, 2.24) is 14.8 Å². The summed E-state index contributed by atoms with van der Waals surface area (Å²) in [5.41, 5.74) is -0.913. The minimum Gasteiger partial charge on any atom is -0.391 e. The lowest BCUT2D eigenvalue weighted by atomic mass is 9.98. The minimum absolute atomic E-state index is 0.0383. The highest BCUT2D eigenvalue weighted by molar-refractivity contribution is 5.79. The monoisotopic (exact) mass is 401 g/mol. The van der Waals surface area contributed by atoms with Gasteiger partial charge in [-0.25, -0.2) is 9.78 Å². The number of halogens is 3. The van der Waals surface area contributed by atoms with E-state index in [4.69, 9.17) is 9.47 Å². The Labute approximate surface area is 160 Å². The van der Waals surface area contributed by atoms with Crippen LogP contribution in [0.2, 0.25) is 0 Å². The number of ether oxygens (including phenoxy) is 2. The van der Waals surface area contributed by atoms with Crippen molar-refractivity contribution in [2.24, 2.45) is 5.92 Å². The molecule has 0 aliphatic carbocycles. The van der Waals surface area contributed by atoms with Gasteiger partial charge < -0.3 is 19.3 Å². The van der Waals surface area contributed by atoms with Crippen LogP contribution in [0.1, 0.15) is 24.8 Å². The van der Waals surface area contributed by atoms with Crippen molar-refractivity contribution in [2.75, 3.05) is 39.4 Å². The maximum Gasteiger partial charge on any atom is 0.417 e. The van der Waals surface area contributed by atoms with Crippen molar-refractivity contribution in [3.63, 3.8) is 0 Å². The molecular weight excluding hydrogens is 379 g/mol. The summed E-state index contributed by atoms with van der Waals surface area (Å²) in [7, 11) is 0. The van der Waals surface area contributed by atoms with Crippen LogP contribution in [0.25, 0.3) is 0 Å². The van der Waals surface area contributed by atoms with Crippen molar-refractivity contribution in [3.05, 3.63) is 23.9 Å². The lowest BCUT2D eigenvalue weighted by molar-refractivity contribution is -0.138. The van der Waals surface area contributed by atoms with E-state index in [2.05, 4.69) is 4.98 Å². The maximum atomic E-state index is 12.6. The molecule has 0 atom stereocenters. The molecule has 2 amide bonds. The highest BCUT2D eigenvalue weighted by atomic mass is 19.4. The van der Waals surface area contributed by atoms with Crippen LogP contribution in [0, 0.1) is 5.92 Å². The molecule has 3 heterocycles. The van der Waals surface area contributed by atoms with Crippen LogP contribution in [-0.2, 0) is 15.7 Å². The Bertz CT molecular complexity index is 690. The number of hydrogen-bond donors (Lipinski definition) is 0. The van der Waals surface area contributed by atoms with E-state index in [9.17, 15) is 22.8 Å². The number of amides is 2. The number of alkyl halides is 3. The van der Waals surface area contributed by atoms with Gasteiger partial charge in [0, 0.05) is 57.6 Å². The molecule has 1 aromatic heterocycles. The van der Waals surface area contributed by atoms with Crippen molar-refractivity contribution in [3.8, 4) is 5.88 Å². The number of nitrogens with zero attached hydrogens (tertiary/aromatic N) is 3. The smallest absolute Gasteiger partial charge is 0.391 e. The molecule has 0 radical (unpaired) electrons. The Balaban J connectivity index is 1.53. The normalized spacial score (nSPS) is 19.2. The molecule has 0 bridgehead atoms. The number of carbonyl (C=O) groups is 2. The fraction of sp³-hybridized carbons (Fsp3) is 0.611. The first kappa shape index (κ1) is 20.4. The SMILES string of the molecule is O=C(Oc1ccc(C(F)(F)F)cn1)N1CCCN(C(=O)C2CCOCC2)CC1. The van der Waals surface area contributed by atoms with Crippen LogP contribution >= 0.6 is 0 Å². The van der Waals surface area contributed by atoms with Crippen molar-refractivity contribution in [1.29, 1.82) is 0 Å². The summed E-state index contributed by atoms with van der Waals surface area (Å²) in [4.78, 5) is 31.7. The number of rotatable bonds is 2. The van der Waals surface area contributed by atoms with Gasteiger partial charge in [-0.05, 0) is 25.3 Å². The second kappa shape index (κ2) is 8.76. The molecule has 2 aliphatic heterocycles. The van der Waals surface area contributed by atoms with Gasteiger partial charge in [-0.1, -0.05) is 0 Å². The van der Waals surface area contributed by atoms with E-state index in [1.807, 2.05) is 0 Å². The van der Waals surface area contributed by atoms with Crippen LogP contribution < -0.4 is 4.74 Å². The van der Waals surface area contributed by atoms with Crippen LogP contribution in [0.4, 0.5) is 18.0 Å². The topological polar surface area (TPSA) is 72.0 Å². The van der Waals surface area contributed by atoms with E-state index in [1.54, 1.807) is 4.90 Å². The zero-order chi connectivity index (χ0) is 20.1. The third-order valence-corrected chi connectivity index (χ3v) is 4.89. The Hall–Kier alpha value is -2.36. The summed E-state index contributed by atoms with van der Waals surface area (Å²) in [6, 6.07) is 1.83. The second-order valence-electron chi connectivity index (χ2n) is 6.80. The van der Waals surface area contributed by atoms with Crippen LogP contribution in [-0.4, -0.2) is 66.2 Å². The number of hydrogen-bond acceptors (Lipinski definition) is 5. The second-order valence-corrected chi connectivity index (χ2v) is 6.80. The fourth-order valence-corrected chi connectivity index (χ4v) is 3.29. The Morgan fingerprint density at radius 1 is 1.07 bits per heavy atom. The fourth-order valence-electron chi connectivity index (χ4n) is 3.29. The predicted molar refractivity (Wildman–Crippen MR) is 91.6 cm³/mol. The first-order chi connectivity index (χ1) is 13.3. The largest absolute Gasteiger partial charge is 0.417 e. The molecule has 0 spiro atoms. The summed E-state index contributed by atoms with van der Waals surface area (Å²) >= 11 is 0. The number of pyridine rings is 1. The highest BCUT2D eigenvalue weighted by Crippen LogP contribution is 2.29. The lowest BCUT2D eigenvalue weighted by Crippen LogP contribution is -2.41. The lowest BCUT2D eigenvalue weighted by Gasteiger charge is -2.28. The van der Waals surface area contributed by atoms with Gasteiger partial charge in [0.25, 0.3) is 0 Å². The molecule has 0 saturated carbocycles. The average molecular weight is 401 g/mol. The van der Waals surface area contributed by atoms with E-state index in [0.717, 1.165) is 12.1 Å². The molecule has 2 aliphatic rings. The third kappa shape index (κ3) is 5.12. The maximum absolute atomic E-state index is 12.6. The molecule has 7 nitrogen and oxygen atoms in total. The first-order valence-electron chi connectivity index (χ1n) is 9.21. The van der Waals surface area contributed by atoms with E-state index in [0.29, 0.717) is 64.9 Å². The molecule has 0 aromatic carbocycles. The zero-order valence-corrected chi connectivity index (χ0v) is 15.3. The molecule has 1 aromatic rings. The Morgan fingerprint density at radius 2 is 1.75 bits per heavy atom. The summed E-state index contributed by atoms with van der Waals surface area (Å²) in [6.45, 7) is 2.82. The van der Waals surface area contributed by atoms with Gasteiger partial charge in [-0.15, -0.1) is 0 Å². The standard InChI is InChI=1S/C18H22F3N3O4/c19-18(20,21)14-2-3-15(22-12-14)28-17(26)24-7-1-6-23(8-9-24)16(25)13-4-10-27-11-5-13/h2-3,12-13H,1,4-11H2. The molecule has 2 saturated heterocycles. The van der Waals surface area contributed by atoms with E-state index < -0.39 is 17.8 Å². The molecular formula is C18H22F3N3O4. The molecule has 2 fully saturated rings. The third-order valence-electron chi connectivity index (χ3n) is 4.89. The summed E-state index contributed by atoms with van der Waals surface area (Å²) < 4.78 is 48.0. The number of aromatic nitrogens is 1. The molecule has 154 valence electrons. The summed E-state index contributed by atoms with van der Waals surface area (Å²) in [5, 5.41) is 0. The molecule has 10 heteroatoms. The van der Waals surface area contributed by atoms with Gasteiger partial charge in [0.1, 0.15) is 0 Å². The predicted octanol–water partition coefficient (Wildman–Crippen LogP) is 2.56. The van der Waals surface area contributed by atoms with Gasteiger partial charge in [0.2, 0.25) is 11.8 Å². The van der Waals surface area contributed by atoms with Gasteiger partial charge in [0.15, 0.2) is 0 Å². The van der Waals surface area contributed by atoms with E-state index in [1.165, 1.54) is 4.90 Å². The summed E-state index contributed by atoms with van der Waals surface area (Å²) in [5.74, 6) is -0.149. The van der Waals surface area contributed by atoms with Crippen molar-refractivity contribution < 1.29 is 32.2 Å². The first-order valence-corrected chi connectivity index (χ1v) is 9.21. The average Bonchev–Trinajstić information content (AvgIpc) is 2.94. The Kier molecular flexibility index (Phi) is 6.38. The highest BCUT2D eigenvalue weighted by Gasteiger charge is 2.31. The Morgan fingerprint density at radius 3 is 2.39 bits per heavy atom. The zero-order valence-electron chi connectivity index (χ0n) is 15.3. The number of carbonyl (C=O) groups excluding carboxylic acids is 2. The van der Waals surface area contributed by atoms with Gasteiger partial charge in [0.05, 0.1) is 5.56 Å². The molecule has 3 rings (SSSR count). The minimum atomic E-state index is -4.50. The molecule has 0 N–H and O–H groups in total. The van der Waals surface area contributed by atoms with E-state index in [-0.39, 0.29) is 17.7 Å². The van der Waals surface area contributed by atoms with Crippen LogP contribution in [0.5, 0.6) is 5.88 Å². The molecule has 28 heavy (non-hydrogen) atoms. The van der Waals surface area contributed by atoms with Crippen LogP contribution in [0.15, 0.2) is 18.3 Å². The van der Waals surface area contributed by atoms with E-state index >= 15 is 0 Å². The van der Waals surface area contributed by atoms with Crippen molar-refractivity contribution >= 4 is 12.0 Å². The molecule has 0 unspecified atom stereocenters. The summed E-state index contributed by atoms with van der Waals surface area (Å²) in [6.07, 6.45) is -2.54. The van der Waals surface area contributed by atoms with Crippen LogP contribution in [0.3, 0.4) is 0 Å². The quantitative estimate of drug-likeness (QED) is 0.762.